The fourth-order valence-electron chi connectivity index (χ4n) is 2.43. The molecule has 0 heterocycles. The van der Waals surface area contributed by atoms with Gasteiger partial charge in [-0.2, -0.15) is 0 Å². The van der Waals surface area contributed by atoms with E-state index in [2.05, 4.69) is 19.2 Å². The zero-order valence-electron chi connectivity index (χ0n) is 14.9. The van der Waals surface area contributed by atoms with Crippen LogP contribution in [0.4, 0.5) is 5.69 Å². The van der Waals surface area contributed by atoms with Crippen molar-refractivity contribution in [3.63, 3.8) is 0 Å². The summed E-state index contributed by atoms with van der Waals surface area (Å²) in [6, 6.07) is 12.1. The van der Waals surface area contributed by atoms with E-state index in [1.54, 1.807) is 6.07 Å². The van der Waals surface area contributed by atoms with Crippen LogP contribution in [0, 0.1) is 0 Å². The van der Waals surface area contributed by atoms with Crippen LogP contribution in [0.3, 0.4) is 0 Å². The van der Waals surface area contributed by atoms with Gasteiger partial charge in [-0.05, 0) is 49.1 Å². The molecule has 4 nitrogen and oxygen atoms in total. The quantitative estimate of drug-likeness (QED) is 0.641. The molecule has 0 bridgehead atoms. The van der Waals surface area contributed by atoms with Gasteiger partial charge < -0.3 is 10.1 Å². The lowest BCUT2D eigenvalue weighted by molar-refractivity contribution is -0.123. The number of amides is 1. The molecule has 0 aliphatic heterocycles. The molecule has 0 unspecified atom stereocenters. The molecule has 0 spiro atoms. The Labute approximate surface area is 163 Å². The van der Waals surface area contributed by atoms with Crippen molar-refractivity contribution in [3.05, 3.63) is 63.6 Å². The monoisotopic (exact) mass is 393 g/mol. The van der Waals surface area contributed by atoms with E-state index in [0.29, 0.717) is 10.9 Å². The molecule has 0 radical (unpaired) electrons. The van der Waals surface area contributed by atoms with E-state index in [0.717, 1.165) is 17.7 Å². The van der Waals surface area contributed by atoms with Crippen LogP contribution in [0.15, 0.2) is 42.5 Å². The number of halogens is 2. The number of hydrogen-bond donors (Lipinski definition) is 1. The number of carbonyl (C=O) groups excluding carboxylic acids is 2. The molecule has 2 rings (SSSR count). The minimum absolute atomic E-state index is 0.124. The molecule has 2 aromatic carbocycles. The van der Waals surface area contributed by atoms with E-state index in [9.17, 15) is 9.59 Å². The van der Waals surface area contributed by atoms with Crippen LogP contribution in [-0.4, -0.2) is 18.0 Å². The normalized spacial score (nSPS) is 13.0. The lowest BCUT2D eigenvalue weighted by Crippen LogP contribution is -2.30. The Morgan fingerprint density at radius 1 is 1.12 bits per heavy atom. The molecule has 2 atom stereocenters. The Morgan fingerprint density at radius 2 is 1.81 bits per heavy atom. The lowest BCUT2D eigenvalue weighted by atomic mass is 9.97. The largest absolute Gasteiger partial charge is 0.449 e. The van der Waals surface area contributed by atoms with E-state index in [1.807, 2.05) is 24.3 Å². The number of para-hydroxylation sites is 1. The maximum absolute atomic E-state index is 12.4. The van der Waals surface area contributed by atoms with Crippen molar-refractivity contribution in [2.75, 3.05) is 5.32 Å². The molecule has 0 aliphatic carbocycles. The van der Waals surface area contributed by atoms with Crippen molar-refractivity contribution in [3.8, 4) is 0 Å². The third-order valence-corrected chi connectivity index (χ3v) is 4.73. The fourth-order valence-corrected chi connectivity index (χ4v) is 2.79. The SMILES string of the molecule is CC[C@H](C)c1ccccc1NC(=O)[C@H](C)OC(=O)c1cc(Cl)ccc1Cl. The summed E-state index contributed by atoms with van der Waals surface area (Å²) in [5.41, 5.74) is 1.88. The van der Waals surface area contributed by atoms with Crippen molar-refractivity contribution in [2.24, 2.45) is 0 Å². The zero-order valence-corrected chi connectivity index (χ0v) is 16.4. The average molecular weight is 394 g/mol. The number of benzene rings is 2. The Morgan fingerprint density at radius 3 is 2.50 bits per heavy atom. The molecular weight excluding hydrogens is 373 g/mol. The average Bonchev–Trinajstić information content (AvgIpc) is 2.63. The van der Waals surface area contributed by atoms with Crippen LogP contribution in [0.5, 0.6) is 0 Å². The van der Waals surface area contributed by atoms with Crippen molar-refractivity contribution in [1.29, 1.82) is 0 Å². The topological polar surface area (TPSA) is 55.4 Å². The van der Waals surface area contributed by atoms with Crippen LogP contribution in [0.2, 0.25) is 10.0 Å². The second kappa shape index (κ2) is 9.06. The van der Waals surface area contributed by atoms with Crippen LogP contribution < -0.4 is 5.32 Å². The lowest BCUT2D eigenvalue weighted by Gasteiger charge is -2.18. The van der Waals surface area contributed by atoms with Crippen molar-refractivity contribution < 1.29 is 14.3 Å². The molecule has 6 heteroatoms. The molecule has 1 N–H and O–H groups in total. The number of nitrogens with one attached hydrogen (secondary N) is 1. The number of anilines is 1. The van der Waals surface area contributed by atoms with Gasteiger partial charge in [-0.15, -0.1) is 0 Å². The van der Waals surface area contributed by atoms with Crippen LogP contribution in [0.25, 0.3) is 0 Å². The van der Waals surface area contributed by atoms with E-state index < -0.39 is 18.0 Å². The summed E-state index contributed by atoms with van der Waals surface area (Å²) < 4.78 is 5.24. The summed E-state index contributed by atoms with van der Waals surface area (Å²) in [6.07, 6.45) is -0.0347. The van der Waals surface area contributed by atoms with Crippen LogP contribution >= 0.6 is 23.2 Å². The van der Waals surface area contributed by atoms with Crippen molar-refractivity contribution in [2.45, 2.75) is 39.2 Å². The van der Waals surface area contributed by atoms with Gasteiger partial charge in [-0.1, -0.05) is 55.2 Å². The summed E-state index contributed by atoms with van der Waals surface area (Å²) >= 11 is 11.9. The van der Waals surface area contributed by atoms with Crippen molar-refractivity contribution in [1.82, 2.24) is 0 Å². The first-order valence-electron chi connectivity index (χ1n) is 8.39. The summed E-state index contributed by atoms with van der Waals surface area (Å²) in [4.78, 5) is 24.7. The van der Waals surface area contributed by atoms with E-state index in [1.165, 1.54) is 19.1 Å². The molecule has 0 aromatic heterocycles. The molecule has 0 saturated heterocycles. The Balaban J connectivity index is 2.09. The first-order chi connectivity index (χ1) is 12.3. The highest BCUT2D eigenvalue weighted by atomic mass is 35.5. The molecule has 138 valence electrons. The number of esters is 1. The molecule has 26 heavy (non-hydrogen) atoms. The van der Waals surface area contributed by atoms with Gasteiger partial charge in [0.1, 0.15) is 0 Å². The number of hydrogen-bond acceptors (Lipinski definition) is 3. The second-order valence-corrected chi connectivity index (χ2v) is 6.90. The third kappa shape index (κ3) is 4.99. The maximum Gasteiger partial charge on any atom is 0.340 e. The van der Waals surface area contributed by atoms with Gasteiger partial charge in [-0.25, -0.2) is 4.79 Å². The van der Waals surface area contributed by atoms with Gasteiger partial charge in [0.15, 0.2) is 6.10 Å². The Kier molecular flexibility index (Phi) is 7.06. The minimum atomic E-state index is -0.984. The van der Waals surface area contributed by atoms with Crippen molar-refractivity contribution >= 4 is 40.8 Å². The molecule has 0 aliphatic rings. The smallest absolute Gasteiger partial charge is 0.340 e. The highest BCUT2D eigenvalue weighted by molar-refractivity contribution is 6.35. The summed E-state index contributed by atoms with van der Waals surface area (Å²) in [7, 11) is 0. The van der Waals surface area contributed by atoms with E-state index in [-0.39, 0.29) is 10.6 Å². The maximum atomic E-state index is 12.4. The van der Waals surface area contributed by atoms with Crippen LogP contribution in [-0.2, 0) is 9.53 Å². The van der Waals surface area contributed by atoms with Gasteiger partial charge >= 0.3 is 5.97 Å². The zero-order chi connectivity index (χ0) is 19.3. The Hall–Kier alpha value is -2.04. The minimum Gasteiger partial charge on any atom is -0.449 e. The first kappa shape index (κ1) is 20.3. The highest BCUT2D eigenvalue weighted by Gasteiger charge is 2.22. The fraction of sp³-hybridized carbons (Fsp3) is 0.300. The number of carbonyl (C=O) groups is 2. The van der Waals surface area contributed by atoms with Gasteiger partial charge in [-0.3, -0.25) is 4.79 Å². The number of rotatable bonds is 6. The first-order valence-corrected chi connectivity index (χ1v) is 9.14. The Bertz CT molecular complexity index is 807. The predicted molar refractivity (Wildman–Crippen MR) is 105 cm³/mol. The number of ether oxygens (including phenoxy) is 1. The van der Waals surface area contributed by atoms with Gasteiger partial charge in [0, 0.05) is 10.7 Å². The predicted octanol–water partition coefficient (Wildman–Crippen LogP) is 5.69. The molecule has 2 aromatic rings. The molecule has 0 saturated carbocycles. The molecule has 0 fully saturated rings. The van der Waals surface area contributed by atoms with E-state index in [4.69, 9.17) is 27.9 Å². The highest BCUT2D eigenvalue weighted by Crippen LogP contribution is 2.27. The van der Waals surface area contributed by atoms with Gasteiger partial charge in [0.25, 0.3) is 5.91 Å². The van der Waals surface area contributed by atoms with Gasteiger partial charge in [0.05, 0.1) is 10.6 Å². The van der Waals surface area contributed by atoms with E-state index >= 15 is 0 Å². The summed E-state index contributed by atoms with van der Waals surface area (Å²) in [5, 5.41) is 3.41. The van der Waals surface area contributed by atoms with Gasteiger partial charge in [0.2, 0.25) is 0 Å². The molecule has 1 amide bonds. The molecular formula is C20H21Cl2NO3. The van der Waals surface area contributed by atoms with Crippen LogP contribution in [0.1, 0.15) is 49.0 Å². The third-order valence-electron chi connectivity index (χ3n) is 4.16. The summed E-state index contributed by atoms with van der Waals surface area (Å²) in [5.74, 6) is -0.808. The standard InChI is InChI=1S/C20H21Cl2NO3/c1-4-12(2)15-7-5-6-8-18(15)23-19(24)13(3)26-20(25)16-11-14(21)9-10-17(16)22/h5-13H,4H2,1-3H3,(H,23,24)/t12-,13-/m0/s1. The second-order valence-electron chi connectivity index (χ2n) is 6.06. The summed E-state index contributed by atoms with van der Waals surface area (Å²) in [6.45, 7) is 5.69.